The average Bonchev–Trinajstić information content (AvgIpc) is 2.57. The van der Waals surface area contributed by atoms with E-state index < -0.39 is 11.5 Å². The third-order valence-corrected chi connectivity index (χ3v) is 4.15. The smallest absolute Gasteiger partial charge is 0.329 e. The van der Waals surface area contributed by atoms with E-state index in [4.69, 9.17) is 10.5 Å². The molecule has 2 aromatic rings. The lowest BCUT2D eigenvalue weighted by Crippen LogP contribution is -2.42. The molecule has 0 aliphatic heterocycles. The van der Waals surface area contributed by atoms with E-state index in [1.807, 2.05) is 24.3 Å². The van der Waals surface area contributed by atoms with E-state index in [1.165, 1.54) is 32.6 Å². The van der Waals surface area contributed by atoms with E-state index >= 15 is 0 Å². The molecule has 0 spiro atoms. The number of ether oxygens (including phenoxy) is 1. The Morgan fingerprint density at radius 3 is 2.67 bits per heavy atom. The van der Waals surface area contributed by atoms with Gasteiger partial charge in [-0.3, -0.25) is 4.98 Å². The summed E-state index contributed by atoms with van der Waals surface area (Å²) in [5, 5.41) is 10.1. The summed E-state index contributed by atoms with van der Waals surface area (Å²) in [7, 11) is 0. The summed E-state index contributed by atoms with van der Waals surface area (Å²) in [6, 6.07) is 9.11. The molecule has 0 amide bonds. The van der Waals surface area contributed by atoms with Crippen LogP contribution in [0.4, 0.5) is 0 Å². The fourth-order valence-corrected chi connectivity index (χ4v) is 2.49. The maximum atomic E-state index is 11.2. The lowest BCUT2D eigenvalue weighted by atomic mass is 9.98. The van der Waals surface area contributed by atoms with Crippen LogP contribution in [0.2, 0.25) is 0 Å². The minimum Gasteiger partial charge on any atom is -0.494 e. The Balaban J connectivity index is 2.03. The summed E-state index contributed by atoms with van der Waals surface area (Å²) in [5.41, 5.74) is 5.38. The molecule has 1 atom stereocenters. The fraction of sp³-hybridized carbons (Fsp3) is 0.474. The molecule has 1 unspecified atom stereocenters. The normalized spacial score (nSPS) is 13.6. The molecule has 5 nitrogen and oxygen atoms in total. The number of rotatable bonds is 9. The van der Waals surface area contributed by atoms with Crippen LogP contribution in [-0.2, 0) is 10.3 Å². The summed E-state index contributed by atoms with van der Waals surface area (Å²) in [4.78, 5) is 15.6. The van der Waals surface area contributed by atoms with Crippen LogP contribution in [0.1, 0.15) is 51.6 Å². The number of carboxylic acid groups (broad SMARTS) is 1. The number of pyridine rings is 1. The minimum atomic E-state index is -1.50. The van der Waals surface area contributed by atoms with Crippen molar-refractivity contribution in [1.29, 1.82) is 0 Å². The summed E-state index contributed by atoms with van der Waals surface area (Å²) < 4.78 is 5.78. The van der Waals surface area contributed by atoms with Gasteiger partial charge < -0.3 is 15.6 Å². The highest BCUT2D eigenvalue weighted by molar-refractivity contribution is 5.83. The molecule has 0 saturated carbocycles. The predicted molar refractivity (Wildman–Crippen MR) is 95.2 cm³/mol. The third-order valence-electron chi connectivity index (χ3n) is 4.15. The zero-order valence-corrected chi connectivity index (χ0v) is 14.4. The molecule has 2 rings (SSSR count). The van der Waals surface area contributed by atoms with Gasteiger partial charge in [-0.15, -0.1) is 0 Å². The molecule has 0 saturated heterocycles. The van der Waals surface area contributed by atoms with Gasteiger partial charge in [0, 0.05) is 5.39 Å². The molecular weight excluding hydrogens is 304 g/mol. The summed E-state index contributed by atoms with van der Waals surface area (Å²) >= 11 is 0. The van der Waals surface area contributed by atoms with Gasteiger partial charge in [0.15, 0.2) is 5.54 Å². The van der Waals surface area contributed by atoms with Crippen molar-refractivity contribution in [3.63, 3.8) is 0 Å². The number of hydrogen-bond acceptors (Lipinski definition) is 4. The van der Waals surface area contributed by atoms with Gasteiger partial charge in [-0.2, -0.15) is 0 Å². The van der Waals surface area contributed by atoms with Crippen LogP contribution < -0.4 is 10.5 Å². The third kappa shape index (κ3) is 4.45. The second kappa shape index (κ2) is 8.11. The van der Waals surface area contributed by atoms with Gasteiger partial charge in [-0.25, -0.2) is 4.79 Å². The Kier molecular flexibility index (Phi) is 6.15. The molecule has 130 valence electrons. The lowest BCUT2D eigenvalue weighted by molar-refractivity contribution is -0.143. The largest absolute Gasteiger partial charge is 0.494 e. The first-order valence-corrected chi connectivity index (χ1v) is 8.51. The number of carboxylic acids is 1. The van der Waals surface area contributed by atoms with Gasteiger partial charge in [-0.05, 0) is 37.6 Å². The second-order valence-electron chi connectivity index (χ2n) is 6.32. The van der Waals surface area contributed by atoms with Gasteiger partial charge in [0.2, 0.25) is 0 Å². The maximum absolute atomic E-state index is 11.2. The van der Waals surface area contributed by atoms with E-state index in [0.717, 1.165) is 17.6 Å². The molecular formula is C19H26N2O3. The molecule has 0 aliphatic carbocycles. The molecule has 0 bridgehead atoms. The zero-order valence-electron chi connectivity index (χ0n) is 14.4. The Bertz CT molecular complexity index is 698. The van der Waals surface area contributed by atoms with Crippen molar-refractivity contribution < 1.29 is 14.6 Å². The van der Waals surface area contributed by atoms with Crippen molar-refractivity contribution in [3.05, 3.63) is 36.0 Å². The molecule has 1 heterocycles. The quantitative estimate of drug-likeness (QED) is 0.682. The highest BCUT2D eigenvalue weighted by Gasteiger charge is 2.31. The minimum absolute atomic E-state index is 0.340. The number of carbonyl (C=O) groups is 1. The van der Waals surface area contributed by atoms with Crippen LogP contribution in [0, 0.1) is 0 Å². The number of benzene rings is 1. The van der Waals surface area contributed by atoms with Crippen molar-refractivity contribution in [2.24, 2.45) is 5.73 Å². The summed E-state index contributed by atoms with van der Waals surface area (Å²) in [6.07, 6.45) is 6.02. The molecule has 3 N–H and O–H groups in total. The highest BCUT2D eigenvalue weighted by Crippen LogP contribution is 2.23. The van der Waals surface area contributed by atoms with Gasteiger partial charge >= 0.3 is 5.97 Å². The van der Waals surface area contributed by atoms with Crippen molar-refractivity contribution in [2.45, 2.75) is 51.5 Å². The van der Waals surface area contributed by atoms with E-state index in [9.17, 15) is 9.90 Å². The monoisotopic (exact) mass is 330 g/mol. The number of unbranched alkanes of at least 4 members (excludes halogenated alkanes) is 4. The first-order valence-electron chi connectivity index (χ1n) is 8.51. The molecule has 1 aromatic carbocycles. The molecule has 24 heavy (non-hydrogen) atoms. The molecule has 0 radical (unpaired) electrons. The van der Waals surface area contributed by atoms with Crippen molar-refractivity contribution in [2.75, 3.05) is 6.61 Å². The summed E-state index contributed by atoms with van der Waals surface area (Å²) in [5.74, 6) is -0.293. The van der Waals surface area contributed by atoms with Gasteiger partial charge in [0.05, 0.1) is 17.8 Å². The Hall–Kier alpha value is -2.14. The van der Waals surface area contributed by atoms with Crippen LogP contribution in [-0.4, -0.2) is 22.7 Å². The first-order chi connectivity index (χ1) is 11.4. The lowest BCUT2D eigenvalue weighted by Gasteiger charge is -2.18. The summed E-state index contributed by atoms with van der Waals surface area (Å²) in [6.45, 7) is 4.36. The number of aliphatic carboxylic acids is 1. The van der Waals surface area contributed by atoms with E-state index in [1.54, 1.807) is 6.07 Å². The van der Waals surface area contributed by atoms with E-state index in [2.05, 4.69) is 11.9 Å². The van der Waals surface area contributed by atoms with Crippen LogP contribution in [0.5, 0.6) is 5.75 Å². The average molecular weight is 330 g/mol. The zero-order chi connectivity index (χ0) is 17.6. The maximum Gasteiger partial charge on any atom is 0.329 e. The highest BCUT2D eigenvalue weighted by atomic mass is 16.5. The molecule has 1 aromatic heterocycles. The van der Waals surface area contributed by atoms with E-state index in [-0.39, 0.29) is 0 Å². The topological polar surface area (TPSA) is 85.4 Å². The second-order valence-corrected chi connectivity index (χ2v) is 6.32. The number of hydrogen-bond donors (Lipinski definition) is 2. The standard InChI is InChI=1S/C19H26N2O3/c1-3-4-5-6-7-12-24-15-9-10-16-14(13-15)8-11-17(21-16)19(2,20)18(22)23/h8-11,13H,3-7,12,20H2,1-2H3,(H,22,23). The van der Waals surface area contributed by atoms with Crippen molar-refractivity contribution in [1.82, 2.24) is 4.98 Å². The van der Waals surface area contributed by atoms with Crippen LogP contribution >= 0.6 is 0 Å². The first kappa shape index (κ1) is 18.2. The molecule has 5 heteroatoms. The molecule has 0 fully saturated rings. The van der Waals surface area contributed by atoms with Gasteiger partial charge in [-0.1, -0.05) is 38.7 Å². The van der Waals surface area contributed by atoms with Gasteiger partial charge in [0.25, 0.3) is 0 Å². The Labute approximate surface area is 142 Å². The van der Waals surface area contributed by atoms with E-state index in [0.29, 0.717) is 17.8 Å². The number of nitrogens with two attached hydrogens (primary N) is 1. The Morgan fingerprint density at radius 1 is 1.21 bits per heavy atom. The predicted octanol–water partition coefficient (Wildman–Crippen LogP) is 3.84. The van der Waals surface area contributed by atoms with Crippen LogP contribution in [0.25, 0.3) is 10.9 Å². The number of aromatic nitrogens is 1. The van der Waals surface area contributed by atoms with Crippen molar-refractivity contribution >= 4 is 16.9 Å². The fourth-order valence-electron chi connectivity index (χ4n) is 2.49. The molecule has 0 aliphatic rings. The SMILES string of the molecule is CCCCCCCOc1ccc2nc(C(C)(N)C(=O)O)ccc2c1. The Morgan fingerprint density at radius 2 is 1.96 bits per heavy atom. The number of fused-ring (bicyclic) bond motifs is 1. The van der Waals surface area contributed by atoms with Gasteiger partial charge in [0.1, 0.15) is 5.75 Å². The van der Waals surface area contributed by atoms with Crippen LogP contribution in [0.3, 0.4) is 0 Å². The number of nitrogens with zero attached hydrogens (tertiary/aromatic N) is 1. The van der Waals surface area contributed by atoms with Crippen LogP contribution in [0.15, 0.2) is 30.3 Å². The van der Waals surface area contributed by atoms with Crippen molar-refractivity contribution in [3.8, 4) is 5.75 Å².